The van der Waals surface area contributed by atoms with Crippen LogP contribution in [0.4, 0.5) is 0 Å². The van der Waals surface area contributed by atoms with Gasteiger partial charge >= 0.3 is 0 Å². The van der Waals surface area contributed by atoms with E-state index in [2.05, 4.69) is 20.8 Å². The molecule has 0 aromatic heterocycles. The van der Waals surface area contributed by atoms with Gasteiger partial charge < -0.3 is 23.7 Å². The summed E-state index contributed by atoms with van der Waals surface area (Å²) in [5.74, 6) is 3.63. The van der Waals surface area contributed by atoms with Gasteiger partial charge in [-0.2, -0.15) is 0 Å². The third-order valence-corrected chi connectivity index (χ3v) is 6.82. The van der Waals surface area contributed by atoms with E-state index in [1.165, 1.54) is 0 Å². The van der Waals surface area contributed by atoms with E-state index in [1.54, 1.807) is 13.2 Å². The molecule has 0 amide bonds. The molecule has 3 heterocycles. The first-order valence-electron chi connectivity index (χ1n) is 11.2. The minimum absolute atomic E-state index is 0.152. The summed E-state index contributed by atoms with van der Waals surface area (Å²) < 4.78 is 29.4. The van der Waals surface area contributed by atoms with E-state index in [0.29, 0.717) is 36.9 Å². The maximum Gasteiger partial charge on any atom is 0.231 e. The van der Waals surface area contributed by atoms with Gasteiger partial charge in [0, 0.05) is 34.3 Å². The molecule has 0 saturated heterocycles. The summed E-state index contributed by atoms with van der Waals surface area (Å²) in [4.78, 5) is 15.5. The highest BCUT2D eigenvalue weighted by Crippen LogP contribution is 2.44. The van der Waals surface area contributed by atoms with Crippen molar-refractivity contribution in [2.24, 2.45) is 0 Å². The first kappa shape index (κ1) is 22.0. The van der Waals surface area contributed by atoms with Crippen LogP contribution in [-0.4, -0.2) is 31.3 Å². The first-order chi connectivity index (χ1) is 17.0. The second kappa shape index (κ2) is 8.62. The van der Waals surface area contributed by atoms with Crippen LogP contribution >= 0.6 is 15.9 Å². The van der Waals surface area contributed by atoms with Gasteiger partial charge in [0.25, 0.3) is 0 Å². The highest BCUT2D eigenvalue weighted by atomic mass is 79.9. The molecule has 0 aliphatic carbocycles. The molecule has 3 aliphatic heterocycles. The average molecular weight is 536 g/mol. The van der Waals surface area contributed by atoms with Crippen molar-refractivity contribution < 1.29 is 28.5 Å². The van der Waals surface area contributed by atoms with Crippen LogP contribution in [0.25, 0.3) is 6.08 Å². The van der Waals surface area contributed by atoms with E-state index in [4.69, 9.17) is 23.7 Å². The lowest BCUT2D eigenvalue weighted by Crippen LogP contribution is -2.32. The Morgan fingerprint density at radius 1 is 1.06 bits per heavy atom. The Bertz CT molecular complexity index is 1400. The first-order valence-corrected chi connectivity index (χ1v) is 12.0. The van der Waals surface area contributed by atoms with Crippen molar-refractivity contribution in [3.63, 3.8) is 0 Å². The number of ketones is 1. The van der Waals surface area contributed by atoms with Gasteiger partial charge in [-0.3, -0.25) is 9.69 Å². The van der Waals surface area contributed by atoms with Gasteiger partial charge in [-0.15, -0.1) is 0 Å². The third kappa shape index (κ3) is 3.92. The van der Waals surface area contributed by atoms with Crippen molar-refractivity contribution in [1.29, 1.82) is 0 Å². The Labute approximate surface area is 210 Å². The number of carbonyl (C=O) groups is 1. The maximum absolute atomic E-state index is 13.3. The number of hydrogen-bond donors (Lipinski definition) is 0. The lowest BCUT2D eigenvalue weighted by Gasteiger charge is -2.30. The van der Waals surface area contributed by atoms with E-state index >= 15 is 0 Å². The van der Waals surface area contributed by atoms with E-state index in [0.717, 1.165) is 44.0 Å². The Morgan fingerprint density at radius 2 is 1.91 bits per heavy atom. The molecular weight excluding hydrogens is 514 g/mol. The van der Waals surface area contributed by atoms with Crippen molar-refractivity contribution in [1.82, 2.24) is 4.90 Å². The van der Waals surface area contributed by atoms with Crippen LogP contribution < -0.4 is 23.7 Å². The number of ether oxygens (including phenoxy) is 5. The molecule has 0 spiro atoms. The number of allylic oxidation sites excluding steroid dienone is 1. The van der Waals surface area contributed by atoms with Gasteiger partial charge in [-0.05, 0) is 55.0 Å². The van der Waals surface area contributed by atoms with E-state index in [1.807, 2.05) is 49.4 Å². The predicted molar refractivity (Wildman–Crippen MR) is 132 cm³/mol. The molecule has 0 bridgehead atoms. The summed E-state index contributed by atoms with van der Waals surface area (Å²) >= 11 is 3.47. The smallest absolute Gasteiger partial charge is 0.231 e. The summed E-state index contributed by atoms with van der Waals surface area (Å²) in [6.07, 6.45) is 1.72. The topological polar surface area (TPSA) is 66.5 Å². The molecule has 0 radical (unpaired) electrons. The van der Waals surface area contributed by atoms with Crippen molar-refractivity contribution in [3.8, 4) is 28.7 Å². The normalized spacial score (nSPS) is 17.1. The fourth-order valence-electron chi connectivity index (χ4n) is 4.65. The summed E-state index contributed by atoms with van der Waals surface area (Å²) in [5.41, 5.74) is 4.21. The minimum atomic E-state index is -0.152. The maximum atomic E-state index is 13.3. The second-order valence-corrected chi connectivity index (χ2v) is 9.56. The number of halogens is 1. The molecule has 3 aromatic carbocycles. The van der Waals surface area contributed by atoms with Gasteiger partial charge in [0.15, 0.2) is 17.3 Å². The lowest BCUT2D eigenvalue weighted by molar-refractivity contribution is 0.0876. The van der Waals surface area contributed by atoms with Crippen LogP contribution in [0.3, 0.4) is 0 Å². The molecule has 3 aromatic rings. The highest BCUT2D eigenvalue weighted by Gasteiger charge is 2.34. The lowest BCUT2D eigenvalue weighted by atomic mass is 9.99. The third-order valence-electron chi connectivity index (χ3n) is 6.32. The highest BCUT2D eigenvalue weighted by molar-refractivity contribution is 9.10. The van der Waals surface area contributed by atoms with Crippen LogP contribution in [0.1, 0.15) is 32.6 Å². The molecule has 0 atom stereocenters. The largest absolute Gasteiger partial charge is 0.496 e. The SMILES string of the molecule is COc1ccc(Br)cc1/C=C1\Oc2c(cc3c(c2C)OCN(Cc2ccc4c(c2)OCO4)C3)C1=O. The quantitative estimate of drug-likeness (QED) is 0.410. The molecule has 8 heteroatoms. The second-order valence-electron chi connectivity index (χ2n) is 8.64. The Kier molecular flexibility index (Phi) is 5.42. The van der Waals surface area contributed by atoms with Crippen LogP contribution in [0.15, 0.2) is 52.7 Å². The average Bonchev–Trinajstić information content (AvgIpc) is 3.44. The van der Waals surface area contributed by atoms with Crippen LogP contribution in [-0.2, 0) is 13.1 Å². The molecule has 0 saturated carbocycles. The van der Waals surface area contributed by atoms with Crippen molar-refractivity contribution in [2.45, 2.75) is 20.0 Å². The fraction of sp³-hybridized carbons (Fsp3) is 0.222. The number of benzene rings is 3. The standard InChI is InChI=1S/C27H22BrNO6/c1-15-26-18(12-29(13-32-26)11-16-3-5-22-23(7-16)34-14-33-22)9-20-25(30)24(35-27(15)20)10-17-8-19(28)4-6-21(17)31-2/h3-10H,11-14H2,1-2H3/b24-10-. The molecule has 35 heavy (non-hydrogen) atoms. The number of carbonyl (C=O) groups excluding carboxylic acids is 1. The summed E-state index contributed by atoms with van der Waals surface area (Å²) in [6.45, 7) is 3.96. The molecule has 0 fully saturated rings. The molecule has 7 nitrogen and oxygen atoms in total. The number of methoxy groups -OCH3 is 1. The summed E-state index contributed by atoms with van der Waals surface area (Å²) in [7, 11) is 1.60. The summed E-state index contributed by atoms with van der Waals surface area (Å²) in [6, 6.07) is 13.5. The van der Waals surface area contributed by atoms with Gasteiger partial charge in [-0.1, -0.05) is 22.0 Å². The number of rotatable bonds is 4. The Balaban J connectivity index is 1.27. The van der Waals surface area contributed by atoms with E-state index in [9.17, 15) is 4.79 Å². The van der Waals surface area contributed by atoms with Gasteiger partial charge in [0.05, 0.1) is 12.7 Å². The predicted octanol–water partition coefficient (Wildman–Crippen LogP) is 5.46. The van der Waals surface area contributed by atoms with Gasteiger partial charge in [0.2, 0.25) is 12.6 Å². The van der Waals surface area contributed by atoms with Crippen LogP contribution in [0.2, 0.25) is 0 Å². The number of hydrogen-bond acceptors (Lipinski definition) is 7. The molecule has 0 unspecified atom stereocenters. The van der Waals surface area contributed by atoms with Crippen LogP contribution in [0, 0.1) is 6.92 Å². The number of Topliss-reactive ketones (excluding diaryl/α,β-unsaturated/α-hetero) is 1. The van der Waals surface area contributed by atoms with E-state index in [-0.39, 0.29) is 18.3 Å². The van der Waals surface area contributed by atoms with Crippen molar-refractivity contribution in [3.05, 3.63) is 80.5 Å². The zero-order valence-corrected chi connectivity index (χ0v) is 20.8. The number of fused-ring (bicyclic) bond motifs is 3. The molecule has 6 rings (SSSR count). The van der Waals surface area contributed by atoms with E-state index < -0.39 is 0 Å². The molecule has 178 valence electrons. The Hall–Kier alpha value is -3.49. The van der Waals surface area contributed by atoms with Gasteiger partial charge in [0.1, 0.15) is 24.0 Å². The fourth-order valence-corrected chi connectivity index (χ4v) is 5.03. The molecule has 0 N–H and O–H groups in total. The van der Waals surface area contributed by atoms with Crippen LogP contribution in [0.5, 0.6) is 28.7 Å². The van der Waals surface area contributed by atoms with Crippen molar-refractivity contribution in [2.75, 3.05) is 20.6 Å². The summed E-state index contributed by atoms with van der Waals surface area (Å²) in [5, 5.41) is 0. The zero-order valence-electron chi connectivity index (χ0n) is 19.2. The number of nitrogens with zero attached hydrogens (tertiary/aromatic N) is 1. The monoisotopic (exact) mass is 535 g/mol. The zero-order chi connectivity index (χ0) is 24.1. The van der Waals surface area contributed by atoms with Crippen molar-refractivity contribution >= 4 is 27.8 Å². The molecular formula is C27H22BrNO6. The van der Waals surface area contributed by atoms with Gasteiger partial charge in [-0.25, -0.2) is 0 Å². The molecule has 3 aliphatic rings. The Morgan fingerprint density at radius 3 is 2.77 bits per heavy atom. The minimum Gasteiger partial charge on any atom is -0.496 e.